The zero-order chi connectivity index (χ0) is 38.7. The van der Waals surface area contributed by atoms with Crippen LogP contribution in [0.15, 0.2) is 197 Å². The Morgan fingerprint density at radius 2 is 1.34 bits per heavy atom. The Labute approximate surface area is 336 Å². The quantitative estimate of drug-likeness (QED) is 0.128. The molecule has 0 saturated carbocycles. The van der Waals surface area contributed by atoms with Crippen LogP contribution >= 0.6 is 0 Å². The van der Waals surface area contributed by atoms with E-state index in [4.69, 9.17) is 9.98 Å². The van der Waals surface area contributed by atoms with Gasteiger partial charge in [0.15, 0.2) is 11.7 Å². The van der Waals surface area contributed by atoms with E-state index in [0.29, 0.717) is 18.2 Å². The van der Waals surface area contributed by atoms with Crippen molar-refractivity contribution in [2.45, 2.75) is 18.9 Å². The van der Waals surface area contributed by atoms with E-state index in [2.05, 4.69) is 173 Å². The van der Waals surface area contributed by atoms with E-state index >= 15 is 0 Å². The van der Waals surface area contributed by atoms with E-state index in [1.165, 1.54) is 60.3 Å². The van der Waals surface area contributed by atoms with Crippen molar-refractivity contribution in [3.63, 3.8) is 0 Å². The molecule has 5 heteroatoms. The van der Waals surface area contributed by atoms with Crippen LogP contribution in [0.2, 0.25) is 0 Å². The maximum Gasteiger partial charge on any atom is 0.161 e. The summed E-state index contributed by atoms with van der Waals surface area (Å²) in [4.78, 5) is 16.6. The molecule has 2 heterocycles. The minimum atomic E-state index is 0.0985. The number of allylic oxidation sites excluding steroid dienone is 2. The lowest BCUT2D eigenvalue weighted by molar-refractivity contribution is 0.747. The highest BCUT2D eigenvalue weighted by Gasteiger charge is 2.40. The number of anilines is 2. The summed E-state index contributed by atoms with van der Waals surface area (Å²) in [6.07, 6.45) is 9.18. The SMILES string of the molecule is C=NC(=NC(=NCC)c1ccccc1)c1ccc2c(N3c4ccc5c6c7ccccc7ccc6n(-c6ccc7ccccc7c6)c5c4C4C=CC=CC43)cccc2c1. The average Bonchev–Trinajstić information content (AvgIpc) is 3.80. The first kappa shape index (κ1) is 33.9. The fourth-order valence-corrected chi connectivity index (χ4v) is 9.41. The maximum atomic E-state index is 4.94. The van der Waals surface area contributed by atoms with Crippen molar-refractivity contribution >= 4 is 83.9 Å². The molecule has 1 aromatic heterocycles. The third-order valence-electron chi connectivity index (χ3n) is 11.9. The second-order valence-corrected chi connectivity index (χ2v) is 15.1. The smallest absolute Gasteiger partial charge is 0.161 e. The van der Waals surface area contributed by atoms with Crippen LogP contribution in [-0.2, 0) is 0 Å². The Morgan fingerprint density at radius 3 is 2.21 bits per heavy atom. The van der Waals surface area contributed by atoms with Gasteiger partial charge in [-0.25, -0.2) is 9.98 Å². The van der Waals surface area contributed by atoms with Crippen molar-refractivity contribution in [1.82, 2.24) is 4.57 Å². The monoisotopic (exact) mass is 745 g/mol. The molecular weight excluding hydrogens is 707 g/mol. The zero-order valence-corrected chi connectivity index (χ0v) is 32.1. The van der Waals surface area contributed by atoms with Crippen LogP contribution in [0.25, 0.3) is 59.8 Å². The molecule has 2 atom stereocenters. The topological polar surface area (TPSA) is 45.2 Å². The molecular formula is C53H39N5. The number of aromatic nitrogens is 1. The molecule has 0 N–H and O–H groups in total. The molecule has 0 radical (unpaired) electrons. The standard InChI is InChI=1S/C53H39N5/c1-3-55-53(36-16-5-4-6-17-36)56-52(54-2)39-25-28-41-38(32-39)19-13-23-45(41)58-46-22-12-11-21-43(46)50-48(58)31-29-44-49-42-20-10-9-15-35(42)26-30-47(49)57(51(44)50)40-27-24-34-14-7-8-18-37(34)33-40/h4-33,43,46H,2-3H2,1H3. The third kappa shape index (κ3) is 5.27. The molecule has 0 spiro atoms. The molecule has 9 aromatic rings. The van der Waals surface area contributed by atoms with Gasteiger partial charge in [-0.2, -0.15) is 0 Å². The molecule has 276 valence electrons. The van der Waals surface area contributed by atoms with Gasteiger partial charge >= 0.3 is 0 Å². The molecule has 0 fully saturated rings. The molecule has 0 amide bonds. The summed E-state index contributed by atoms with van der Waals surface area (Å²) in [6.45, 7) is 6.55. The van der Waals surface area contributed by atoms with Gasteiger partial charge in [0.25, 0.3) is 0 Å². The van der Waals surface area contributed by atoms with E-state index in [-0.39, 0.29) is 12.0 Å². The summed E-state index contributed by atoms with van der Waals surface area (Å²) in [7, 11) is 0. The predicted octanol–water partition coefficient (Wildman–Crippen LogP) is 12.9. The normalized spacial score (nSPS) is 16.5. The van der Waals surface area contributed by atoms with Gasteiger partial charge in [0, 0.05) is 62.4 Å². The predicted molar refractivity (Wildman–Crippen MR) is 246 cm³/mol. The van der Waals surface area contributed by atoms with Gasteiger partial charge < -0.3 is 9.47 Å². The molecule has 11 rings (SSSR count). The van der Waals surface area contributed by atoms with Crippen molar-refractivity contribution in [3.8, 4) is 5.69 Å². The van der Waals surface area contributed by atoms with Crippen molar-refractivity contribution in [2.75, 3.05) is 11.4 Å². The summed E-state index contributed by atoms with van der Waals surface area (Å²) in [5.41, 5.74) is 9.23. The van der Waals surface area contributed by atoms with Gasteiger partial charge in [0.1, 0.15) is 0 Å². The molecule has 58 heavy (non-hydrogen) atoms. The van der Waals surface area contributed by atoms with Crippen LogP contribution in [0.5, 0.6) is 0 Å². The highest BCUT2D eigenvalue weighted by atomic mass is 15.2. The molecule has 0 saturated heterocycles. The maximum absolute atomic E-state index is 4.94. The van der Waals surface area contributed by atoms with E-state index in [0.717, 1.165) is 27.6 Å². The van der Waals surface area contributed by atoms with E-state index in [1.807, 2.05) is 37.3 Å². The van der Waals surface area contributed by atoms with Crippen molar-refractivity contribution in [2.24, 2.45) is 15.0 Å². The second kappa shape index (κ2) is 13.7. The van der Waals surface area contributed by atoms with Gasteiger partial charge in [-0.15, -0.1) is 0 Å². The summed E-state index contributed by atoms with van der Waals surface area (Å²) >= 11 is 0. The van der Waals surface area contributed by atoms with Crippen LogP contribution in [0, 0.1) is 0 Å². The highest BCUT2D eigenvalue weighted by molar-refractivity contribution is 6.23. The highest BCUT2D eigenvalue weighted by Crippen LogP contribution is 2.53. The first-order chi connectivity index (χ1) is 28.7. The number of fused-ring (bicyclic) bond motifs is 11. The van der Waals surface area contributed by atoms with Gasteiger partial charge in [-0.1, -0.05) is 146 Å². The average molecular weight is 746 g/mol. The summed E-state index contributed by atoms with van der Waals surface area (Å²) < 4.78 is 2.53. The van der Waals surface area contributed by atoms with Crippen LogP contribution < -0.4 is 4.90 Å². The van der Waals surface area contributed by atoms with Gasteiger partial charge in [0.2, 0.25) is 0 Å². The lowest BCUT2D eigenvalue weighted by atomic mass is 9.89. The van der Waals surface area contributed by atoms with Gasteiger partial charge in [-0.3, -0.25) is 4.99 Å². The Hall–Kier alpha value is -7.37. The molecule has 2 aliphatic rings. The van der Waals surface area contributed by atoms with Crippen LogP contribution in [0.3, 0.4) is 0 Å². The minimum Gasteiger partial charge on any atom is -0.333 e. The fourth-order valence-electron chi connectivity index (χ4n) is 9.41. The number of amidine groups is 2. The van der Waals surface area contributed by atoms with Gasteiger partial charge in [-0.05, 0) is 77.0 Å². The molecule has 8 aromatic carbocycles. The summed E-state index contributed by atoms with van der Waals surface area (Å²) in [5.74, 6) is 1.34. The summed E-state index contributed by atoms with van der Waals surface area (Å²) in [6, 6.07) is 56.9. The number of benzene rings is 8. The van der Waals surface area contributed by atoms with Gasteiger partial charge in [0.05, 0.1) is 17.1 Å². The first-order valence-electron chi connectivity index (χ1n) is 20.0. The Kier molecular flexibility index (Phi) is 8.00. The fraction of sp³-hybridized carbons (Fsp3) is 0.0755. The number of aliphatic imine (C=N–C) groups is 3. The molecule has 2 unspecified atom stereocenters. The van der Waals surface area contributed by atoms with Crippen LogP contribution in [0.1, 0.15) is 29.5 Å². The lowest BCUT2D eigenvalue weighted by Gasteiger charge is -2.29. The molecule has 1 aliphatic carbocycles. The number of rotatable bonds is 5. The largest absolute Gasteiger partial charge is 0.333 e. The number of hydrogen-bond acceptors (Lipinski definition) is 2. The molecule has 5 nitrogen and oxygen atoms in total. The lowest BCUT2D eigenvalue weighted by Crippen LogP contribution is -2.28. The van der Waals surface area contributed by atoms with Crippen molar-refractivity contribution in [1.29, 1.82) is 0 Å². The van der Waals surface area contributed by atoms with E-state index in [1.54, 1.807) is 0 Å². The van der Waals surface area contributed by atoms with Crippen LogP contribution in [0.4, 0.5) is 11.4 Å². The summed E-state index contributed by atoms with van der Waals surface area (Å²) in [5, 5.41) is 9.82. The molecule has 1 aliphatic heterocycles. The second-order valence-electron chi connectivity index (χ2n) is 15.1. The Balaban J connectivity index is 1.12. The van der Waals surface area contributed by atoms with Crippen molar-refractivity contribution in [3.05, 3.63) is 199 Å². The number of nitrogens with zero attached hydrogens (tertiary/aromatic N) is 5. The van der Waals surface area contributed by atoms with E-state index < -0.39 is 0 Å². The van der Waals surface area contributed by atoms with Crippen LogP contribution in [-0.4, -0.2) is 35.5 Å². The minimum absolute atomic E-state index is 0.0985. The molecule has 0 bridgehead atoms. The first-order valence-corrected chi connectivity index (χ1v) is 20.0. The third-order valence-corrected chi connectivity index (χ3v) is 11.9. The van der Waals surface area contributed by atoms with Crippen molar-refractivity contribution < 1.29 is 0 Å². The van der Waals surface area contributed by atoms with E-state index in [9.17, 15) is 0 Å². The Bertz CT molecular complexity index is 3250. The number of hydrogen-bond donors (Lipinski definition) is 0. The Morgan fingerprint density at radius 1 is 0.586 bits per heavy atom. The zero-order valence-electron chi connectivity index (χ0n) is 32.1.